The van der Waals surface area contributed by atoms with Crippen LogP contribution in [0.3, 0.4) is 0 Å². The predicted molar refractivity (Wildman–Crippen MR) is 71.8 cm³/mol. The molecule has 0 spiro atoms. The number of rotatable bonds is 2. The van der Waals surface area contributed by atoms with Crippen LogP contribution in [0.2, 0.25) is 5.02 Å². The molecule has 0 amide bonds. The molecular formula is C14H20ClNO. The number of ether oxygens (including phenoxy) is 1. The number of hydrogen-bond donors (Lipinski definition) is 0. The number of likely N-dealkylation sites (tertiary alicyclic amines) is 1. The Balaban J connectivity index is 2.02. The normalized spacial score (nSPS) is 26.5. The molecule has 17 heavy (non-hydrogen) atoms. The van der Waals surface area contributed by atoms with Gasteiger partial charge in [0.1, 0.15) is 11.9 Å². The van der Waals surface area contributed by atoms with Crippen molar-refractivity contribution in [3.63, 3.8) is 0 Å². The maximum Gasteiger partial charge on any atom is 0.121 e. The van der Waals surface area contributed by atoms with E-state index in [2.05, 4.69) is 18.9 Å². The van der Waals surface area contributed by atoms with E-state index in [9.17, 15) is 0 Å². The zero-order chi connectivity index (χ0) is 12.3. The number of halogens is 1. The molecule has 94 valence electrons. The van der Waals surface area contributed by atoms with E-state index in [1.165, 1.54) is 13.0 Å². The number of hydrogen-bond acceptors (Lipinski definition) is 2. The molecule has 0 N–H and O–H groups in total. The summed E-state index contributed by atoms with van der Waals surface area (Å²) in [6.45, 7) is 4.53. The Morgan fingerprint density at radius 3 is 3.00 bits per heavy atom. The van der Waals surface area contributed by atoms with Gasteiger partial charge in [0.05, 0.1) is 0 Å². The second-order valence-corrected chi connectivity index (χ2v) is 5.43. The molecule has 2 atom stereocenters. The lowest BCUT2D eigenvalue weighted by Gasteiger charge is -2.24. The summed E-state index contributed by atoms with van der Waals surface area (Å²) in [4.78, 5) is 2.38. The summed E-state index contributed by atoms with van der Waals surface area (Å²) in [5, 5.41) is 0.737. The van der Waals surface area contributed by atoms with Crippen LogP contribution in [-0.2, 0) is 0 Å². The molecule has 0 radical (unpaired) electrons. The highest BCUT2D eigenvalue weighted by Gasteiger charge is 2.23. The van der Waals surface area contributed by atoms with Gasteiger partial charge in [0, 0.05) is 17.5 Å². The molecule has 0 aromatic heterocycles. The second-order valence-electron chi connectivity index (χ2n) is 5.00. The summed E-state index contributed by atoms with van der Waals surface area (Å²) in [5.41, 5.74) is 0. The van der Waals surface area contributed by atoms with Crippen molar-refractivity contribution in [3.05, 3.63) is 29.3 Å². The molecule has 2 rings (SSSR count). The van der Waals surface area contributed by atoms with Gasteiger partial charge in [0.2, 0.25) is 0 Å². The lowest BCUT2D eigenvalue weighted by Crippen LogP contribution is -2.30. The Morgan fingerprint density at radius 1 is 1.41 bits per heavy atom. The van der Waals surface area contributed by atoms with Crippen molar-refractivity contribution in [3.8, 4) is 5.75 Å². The Kier molecular flexibility index (Phi) is 4.30. The van der Waals surface area contributed by atoms with Crippen molar-refractivity contribution in [2.24, 2.45) is 5.92 Å². The van der Waals surface area contributed by atoms with Gasteiger partial charge in [-0.05, 0) is 44.6 Å². The number of nitrogens with zero attached hydrogens (tertiary/aromatic N) is 1. The van der Waals surface area contributed by atoms with Crippen molar-refractivity contribution in [1.82, 2.24) is 4.90 Å². The first kappa shape index (κ1) is 12.7. The molecule has 3 heteroatoms. The van der Waals surface area contributed by atoms with Gasteiger partial charge in [-0.15, -0.1) is 0 Å². The lowest BCUT2D eigenvalue weighted by molar-refractivity contribution is 0.131. The van der Waals surface area contributed by atoms with E-state index in [-0.39, 0.29) is 0 Å². The molecule has 1 aliphatic heterocycles. The van der Waals surface area contributed by atoms with E-state index in [0.29, 0.717) is 12.0 Å². The summed E-state index contributed by atoms with van der Waals surface area (Å²) in [6.07, 6.45) is 2.63. The first-order chi connectivity index (χ1) is 8.15. The fourth-order valence-corrected chi connectivity index (χ4v) is 2.62. The molecule has 1 heterocycles. The predicted octanol–water partition coefficient (Wildman–Crippen LogP) is 3.45. The Bertz CT molecular complexity index is 369. The Labute approximate surface area is 109 Å². The Morgan fingerprint density at radius 2 is 2.24 bits per heavy atom. The van der Waals surface area contributed by atoms with E-state index in [4.69, 9.17) is 16.3 Å². The smallest absolute Gasteiger partial charge is 0.121 e. The molecule has 1 fully saturated rings. The standard InChI is InChI=1S/C14H20ClNO/c1-11-10-16(2)8-4-7-14(11)17-13-6-3-5-12(15)9-13/h3,5-6,9,11,14H,4,7-8,10H2,1-2H3. The monoisotopic (exact) mass is 253 g/mol. The van der Waals surface area contributed by atoms with Gasteiger partial charge in [0.25, 0.3) is 0 Å². The summed E-state index contributed by atoms with van der Waals surface area (Å²) in [7, 11) is 2.18. The SMILES string of the molecule is CC1CN(C)CCCC1Oc1cccc(Cl)c1. The lowest BCUT2D eigenvalue weighted by atomic mass is 10.0. The van der Waals surface area contributed by atoms with Crippen LogP contribution >= 0.6 is 11.6 Å². The van der Waals surface area contributed by atoms with Crippen LogP contribution in [0.4, 0.5) is 0 Å². The molecule has 1 aromatic carbocycles. The van der Waals surface area contributed by atoms with Crippen LogP contribution in [0.25, 0.3) is 0 Å². The Hall–Kier alpha value is -0.730. The van der Waals surface area contributed by atoms with Crippen LogP contribution in [0.15, 0.2) is 24.3 Å². The van der Waals surface area contributed by atoms with Crippen molar-refractivity contribution in [2.45, 2.75) is 25.9 Å². The topological polar surface area (TPSA) is 12.5 Å². The molecular weight excluding hydrogens is 234 g/mol. The summed E-state index contributed by atoms with van der Waals surface area (Å²) in [5.74, 6) is 1.44. The van der Waals surface area contributed by atoms with Crippen LogP contribution in [0.1, 0.15) is 19.8 Å². The van der Waals surface area contributed by atoms with Gasteiger partial charge >= 0.3 is 0 Å². The average molecular weight is 254 g/mol. The average Bonchev–Trinajstić information content (AvgIpc) is 2.41. The highest BCUT2D eigenvalue weighted by Crippen LogP contribution is 2.24. The van der Waals surface area contributed by atoms with E-state index >= 15 is 0 Å². The molecule has 1 aliphatic rings. The summed E-state index contributed by atoms with van der Waals surface area (Å²) >= 11 is 5.97. The van der Waals surface area contributed by atoms with Gasteiger partial charge in [-0.3, -0.25) is 0 Å². The highest BCUT2D eigenvalue weighted by atomic mass is 35.5. The summed E-state index contributed by atoms with van der Waals surface area (Å²) < 4.78 is 6.07. The molecule has 2 unspecified atom stereocenters. The highest BCUT2D eigenvalue weighted by molar-refractivity contribution is 6.30. The van der Waals surface area contributed by atoms with E-state index in [1.807, 2.05) is 24.3 Å². The van der Waals surface area contributed by atoms with Gasteiger partial charge in [-0.2, -0.15) is 0 Å². The van der Waals surface area contributed by atoms with Crippen LogP contribution < -0.4 is 4.74 Å². The molecule has 0 saturated carbocycles. The van der Waals surface area contributed by atoms with Crippen molar-refractivity contribution in [2.75, 3.05) is 20.1 Å². The largest absolute Gasteiger partial charge is 0.490 e. The van der Waals surface area contributed by atoms with Gasteiger partial charge in [0.15, 0.2) is 0 Å². The maximum absolute atomic E-state index is 6.07. The van der Waals surface area contributed by atoms with Gasteiger partial charge < -0.3 is 9.64 Å². The van der Waals surface area contributed by atoms with Crippen LogP contribution in [0.5, 0.6) is 5.75 Å². The fourth-order valence-electron chi connectivity index (χ4n) is 2.44. The second kappa shape index (κ2) is 5.74. The van der Waals surface area contributed by atoms with Crippen molar-refractivity contribution >= 4 is 11.6 Å². The van der Waals surface area contributed by atoms with Crippen molar-refractivity contribution in [1.29, 1.82) is 0 Å². The van der Waals surface area contributed by atoms with Crippen molar-refractivity contribution < 1.29 is 4.74 Å². The third-order valence-corrected chi connectivity index (χ3v) is 3.58. The molecule has 0 bridgehead atoms. The maximum atomic E-state index is 6.07. The minimum atomic E-state index is 0.304. The van der Waals surface area contributed by atoms with E-state index in [0.717, 1.165) is 23.7 Å². The van der Waals surface area contributed by atoms with Crippen LogP contribution in [0, 0.1) is 5.92 Å². The zero-order valence-corrected chi connectivity index (χ0v) is 11.3. The fraction of sp³-hybridized carbons (Fsp3) is 0.571. The minimum Gasteiger partial charge on any atom is -0.490 e. The molecule has 2 nitrogen and oxygen atoms in total. The first-order valence-electron chi connectivity index (χ1n) is 6.26. The van der Waals surface area contributed by atoms with E-state index in [1.54, 1.807) is 0 Å². The third-order valence-electron chi connectivity index (χ3n) is 3.35. The van der Waals surface area contributed by atoms with E-state index < -0.39 is 0 Å². The zero-order valence-electron chi connectivity index (χ0n) is 10.5. The first-order valence-corrected chi connectivity index (χ1v) is 6.63. The quantitative estimate of drug-likeness (QED) is 0.801. The van der Waals surface area contributed by atoms with Gasteiger partial charge in [-0.25, -0.2) is 0 Å². The number of benzene rings is 1. The van der Waals surface area contributed by atoms with Crippen LogP contribution in [-0.4, -0.2) is 31.1 Å². The molecule has 0 aliphatic carbocycles. The minimum absolute atomic E-state index is 0.304. The molecule has 1 aromatic rings. The van der Waals surface area contributed by atoms with Gasteiger partial charge in [-0.1, -0.05) is 24.6 Å². The molecule has 1 saturated heterocycles. The third kappa shape index (κ3) is 3.62. The summed E-state index contributed by atoms with van der Waals surface area (Å²) in [6, 6.07) is 7.68.